The van der Waals surface area contributed by atoms with E-state index in [1.54, 1.807) is 20.4 Å². The van der Waals surface area contributed by atoms with Gasteiger partial charge in [0, 0.05) is 34.7 Å². The molecule has 198 valence electrons. The topological polar surface area (TPSA) is 102 Å². The molecule has 5 rings (SSSR count). The first-order chi connectivity index (χ1) is 18.4. The molecule has 38 heavy (non-hydrogen) atoms. The van der Waals surface area contributed by atoms with E-state index in [-0.39, 0.29) is 23.9 Å². The molecule has 1 saturated carbocycles. The highest BCUT2D eigenvalue weighted by molar-refractivity contribution is 5.96. The van der Waals surface area contributed by atoms with E-state index in [2.05, 4.69) is 47.3 Å². The van der Waals surface area contributed by atoms with Crippen LogP contribution in [0, 0.1) is 0 Å². The fourth-order valence-corrected chi connectivity index (χ4v) is 5.47. The lowest BCUT2D eigenvalue weighted by Crippen LogP contribution is -2.40. The highest BCUT2D eigenvalue weighted by atomic mass is 16.5. The van der Waals surface area contributed by atoms with Crippen molar-refractivity contribution in [1.82, 2.24) is 15.3 Å². The number of carbonyl (C=O) groups is 1. The first kappa shape index (κ1) is 25.8. The van der Waals surface area contributed by atoms with Gasteiger partial charge in [0.2, 0.25) is 0 Å². The second-order valence-electron chi connectivity index (χ2n) is 10.4. The first-order valence-electron chi connectivity index (χ1n) is 13.3. The molecule has 2 aromatic heterocycles. The number of aromatic nitrogens is 2. The molecule has 0 unspecified atom stereocenters. The van der Waals surface area contributed by atoms with Crippen molar-refractivity contribution in [1.29, 1.82) is 0 Å². The Morgan fingerprint density at radius 3 is 2.37 bits per heavy atom. The number of hydrogen-bond acceptors (Lipinski definition) is 5. The average molecular weight is 513 g/mol. The molecule has 0 aliphatic heterocycles. The number of amides is 1. The van der Waals surface area contributed by atoms with E-state index >= 15 is 0 Å². The minimum Gasteiger partial charge on any atom is -0.493 e. The maximum absolute atomic E-state index is 13.0. The molecule has 1 amide bonds. The molecule has 0 saturated heterocycles. The van der Waals surface area contributed by atoms with Gasteiger partial charge in [-0.25, -0.2) is 0 Å². The molecule has 0 bridgehead atoms. The zero-order valence-electron chi connectivity index (χ0n) is 22.5. The third-order valence-electron chi connectivity index (χ3n) is 7.52. The number of hydrogen-bond donors (Lipinski definition) is 3. The second-order valence-corrected chi connectivity index (χ2v) is 10.4. The van der Waals surface area contributed by atoms with E-state index in [1.807, 2.05) is 30.3 Å². The molecule has 1 fully saturated rings. The van der Waals surface area contributed by atoms with Crippen LogP contribution < -0.4 is 20.5 Å². The average Bonchev–Trinajstić information content (AvgIpc) is 3.33. The maximum Gasteiger partial charge on any atom is 0.270 e. The van der Waals surface area contributed by atoms with Gasteiger partial charge in [-0.05, 0) is 90.8 Å². The molecule has 7 heteroatoms. The normalized spacial score (nSPS) is 17.5. The number of fused-ring (bicyclic) bond motifs is 1. The number of nitrogens with one attached hydrogen (secondary N) is 2. The van der Waals surface area contributed by atoms with Gasteiger partial charge in [-0.15, -0.1) is 0 Å². The summed E-state index contributed by atoms with van der Waals surface area (Å²) in [5.41, 5.74) is 12.8. The van der Waals surface area contributed by atoms with Crippen LogP contribution >= 0.6 is 0 Å². The van der Waals surface area contributed by atoms with Gasteiger partial charge in [0.15, 0.2) is 11.5 Å². The number of methoxy groups -OCH3 is 2. The Balaban J connectivity index is 1.48. The Labute approximate surface area is 223 Å². The Morgan fingerprint density at radius 1 is 0.947 bits per heavy atom. The fourth-order valence-electron chi connectivity index (χ4n) is 5.47. The molecule has 4 aromatic rings. The van der Waals surface area contributed by atoms with E-state index in [1.165, 1.54) is 5.56 Å². The van der Waals surface area contributed by atoms with Crippen molar-refractivity contribution in [3.8, 4) is 33.9 Å². The molecule has 2 heterocycles. The van der Waals surface area contributed by atoms with Gasteiger partial charge >= 0.3 is 0 Å². The van der Waals surface area contributed by atoms with E-state index in [0.29, 0.717) is 17.2 Å². The third kappa shape index (κ3) is 5.11. The summed E-state index contributed by atoms with van der Waals surface area (Å²) >= 11 is 0. The van der Waals surface area contributed by atoms with Crippen LogP contribution in [-0.2, 0) is 0 Å². The highest BCUT2D eigenvalue weighted by Crippen LogP contribution is 2.40. The number of nitrogens with two attached hydrogens (primary N) is 1. The summed E-state index contributed by atoms with van der Waals surface area (Å²) in [6, 6.07) is 16.6. The Kier molecular flexibility index (Phi) is 7.38. The largest absolute Gasteiger partial charge is 0.493 e. The Morgan fingerprint density at radius 2 is 1.66 bits per heavy atom. The van der Waals surface area contributed by atoms with Gasteiger partial charge < -0.3 is 25.5 Å². The Bertz CT molecular complexity index is 1450. The SMILES string of the molecule is COc1ccc(-c2[nH]c3ccc(-c4ccnc(C(=O)NC5CCC(N)CC5)c4)cc3c2C(C)C)cc1OC. The summed E-state index contributed by atoms with van der Waals surface area (Å²) in [6.07, 6.45) is 5.42. The number of pyridine rings is 1. The molecule has 7 nitrogen and oxygen atoms in total. The highest BCUT2D eigenvalue weighted by Gasteiger charge is 2.22. The monoisotopic (exact) mass is 512 g/mol. The predicted octanol–water partition coefficient (Wildman–Crippen LogP) is 6.04. The molecule has 0 atom stereocenters. The van der Waals surface area contributed by atoms with Crippen molar-refractivity contribution in [2.45, 2.75) is 57.5 Å². The van der Waals surface area contributed by atoms with Crippen LogP contribution in [0.25, 0.3) is 33.3 Å². The van der Waals surface area contributed by atoms with Crippen LogP contribution in [0.15, 0.2) is 54.7 Å². The van der Waals surface area contributed by atoms with Gasteiger partial charge in [0.25, 0.3) is 5.91 Å². The van der Waals surface area contributed by atoms with Gasteiger partial charge in [-0.2, -0.15) is 0 Å². The number of H-pyrrole nitrogens is 1. The van der Waals surface area contributed by atoms with Crippen LogP contribution in [0.3, 0.4) is 0 Å². The predicted molar refractivity (Wildman–Crippen MR) is 152 cm³/mol. The lowest BCUT2D eigenvalue weighted by atomic mass is 9.91. The molecule has 4 N–H and O–H groups in total. The zero-order chi connectivity index (χ0) is 26.8. The van der Waals surface area contributed by atoms with Crippen LogP contribution in [-0.4, -0.2) is 42.2 Å². The Hall–Kier alpha value is -3.84. The van der Waals surface area contributed by atoms with Crippen molar-refractivity contribution < 1.29 is 14.3 Å². The summed E-state index contributed by atoms with van der Waals surface area (Å²) in [6.45, 7) is 4.40. The van der Waals surface area contributed by atoms with Gasteiger partial charge in [0.05, 0.1) is 19.9 Å². The molecular weight excluding hydrogens is 476 g/mol. The minimum atomic E-state index is -0.131. The number of nitrogens with zero attached hydrogens (tertiary/aromatic N) is 1. The second kappa shape index (κ2) is 10.9. The number of ether oxygens (including phenoxy) is 2. The molecular formula is C31H36N4O3. The number of rotatable bonds is 7. The summed E-state index contributed by atoms with van der Waals surface area (Å²) in [5.74, 6) is 1.54. The van der Waals surface area contributed by atoms with Crippen molar-refractivity contribution in [3.63, 3.8) is 0 Å². The quantitative estimate of drug-likeness (QED) is 0.280. The van der Waals surface area contributed by atoms with Crippen LogP contribution in [0.2, 0.25) is 0 Å². The fraction of sp³-hybridized carbons (Fsp3) is 0.355. The molecule has 1 aliphatic carbocycles. The van der Waals surface area contributed by atoms with E-state index in [4.69, 9.17) is 15.2 Å². The van der Waals surface area contributed by atoms with Gasteiger partial charge in [-0.3, -0.25) is 9.78 Å². The van der Waals surface area contributed by atoms with Gasteiger partial charge in [-0.1, -0.05) is 19.9 Å². The third-order valence-corrected chi connectivity index (χ3v) is 7.52. The van der Waals surface area contributed by atoms with Crippen LogP contribution in [0.1, 0.15) is 61.5 Å². The first-order valence-corrected chi connectivity index (χ1v) is 13.3. The molecule has 0 spiro atoms. The van der Waals surface area contributed by atoms with E-state index in [9.17, 15) is 4.79 Å². The maximum atomic E-state index is 13.0. The van der Waals surface area contributed by atoms with E-state index in [0.717, 1.165) is 59.0 Å². The lowest BCUT2D eigenvalue weighted by molar-refractivity contribution is 0.0921. The lowest BCUT2D eigenvalue weighted by Gasteiger charge is -2.26. The number of benzene rings is 2. The number of aromatic amines is 1. The van der Waals surface area contributed by atoms with Crippen molar-refractivity contribution in [2.24, 2.45) is 5.73 Å². The smallest absolute Gasteiger partial charge is 0.270 e. The summed E-state index contributed by atoms with van der Waals surface area (Å²) < 4.78 is 11.0. The standard InChI is InChI=1S/C31H36N4O3/c1-18(2)29-24-15-19(5-11-25(24)35-30(29)21-6-12-27(37-3)28(17-21)38-4)20-13-14-33-26(16-20)31(36)34-23-9-7-22(32)8-10-23/h5-6,11-18,22-23,35H,7-10,32H2,1-4H3,(H,34,36). The zero-order valence-corrected chi connectivity index (χ0v) is 22.5. The van der Waals surface area contributed by atoms with Gasteiger partial charge in [0.1, 0.15) is 5.69 Å². The number of carbonyl (C=O) groups excluding carboxylic acids is 1. The van der Waals surface area contributed by atoms with Crippen molar-refractivity contribution >= 4 is 16.8 Å². The molecule has 1 aliphatic rings. The summed E-state index contributed by atoms with van der Waals surface area (Å²) in [7, 11) is 3.29. The minimum absolute atomic E-state index is 0.131. The molecule has 2 aromatic carbocycles. The van der Waals surface area contributed by atoms with Crippen LogP contribution in [0.4, 0.5) is 0 Å². The van der Waals surface area contributed by atoms with Crippen molar-refractivity contribution in [2.75, 3.05) is 14.2 Å². The van der Waals surface area contributed by atoms with Crippen molar-refractivity contribution in [3.05, 3.63) is 66.0 Å². The summed E-state index contributed by atoms with van der Waals surface area (Å²) in [5, 5.41) is 4.30. The molecule has 0 radical (unpaired) electrons. The summed E-state index contributed by atoms with van der Waals surface area (Å²) in [4.78, 5) is 21.0. The van der Waals surface area contributed by atoms with E-state index < -0.39 is 0 Å². The van der Waals surface area contributed by atoms with Crippen LogP contribution in [0.5, 0.6) is 11.5 Å².